The average molecular weight is 291 g/mol. The highest BCUT2D eigenvalue weighted by Crippen LogP contribution is 2.23. The molecule has 20 heavy (non-hydrogen) atoms. The van der Waals surface area contributed by atoms with Crippen molar-refractivity contribution in [3.63, 3.8) is 0 Å². The molecule has 0 atom stereocenters. The average Bonchev–Trinajstić information content (AvgIpc) is 2.38. The van der Waals surface area contributed by atoms with Crippen LogP contribution < -0.4 is 5.32 Å². The van der Waals surface area contributed by atoms with Gasteiger partial charge in [0.05, 0.1) is 15.5 Å². The molecule has 0 bridgehead atoms. The number of hydrogen-bond donors (Lipinski definition) is 1. The van der Waals surface area contributed by atoms with Crippen LogP contribution in [0.5, 0.6) is 0 Å². The number of anilines is 1. The number of nitro groups is 1. The molecule has 2 rings (SSSR count). The smallest absolute Gasteiger partial charge is 0.272 e. The lowest BCUT2D eigenvalue weighted by molar-refractivity contribution is -0.385. The Morgan fingerprint density at radius 3 is 2.55 bits per heavy atom. The Hall–Kier alpha value is -2.40. The second-order valence-electron chi connectivity index (χ2n) is 4.19. The molecule has 0 aliphatic carbocycles. The van der Waals surface area contributed by atoms with E-state index in [-0.39, 0.29) is 11.6 Å². The largest absolute Gasteiger partial charge is 0.322 e. The van der Waals surface area contributed by atoms with Gasteiger partial charge in [0.25, 0.3) is 11.6 Å². The molecular weight excluding hydrogens is 280 g/mol. The number of benzene rings is 2. The van der Waals surface area contributed by atoms with Crippen LogP contribution in [0.2, 0.25) is 5.02 Å². The fraction of sp³-hybridized carbons (Fsp3) is 0.0714. The van der Waals surface area contributed by atoms with E-state index in [1.165, 1.54) is 12.1 Å². The van der Waals surface area contributed by atoms with Gasteiger partial charge in [0.1, 0.15) is 0 Å². The zero-order chi connectivity index (χ0) is 14.7. The van der Waals surface area contributed by atoms with Gasteiger partial charge in [-0.1, -0.05) is 23.7 Å². The predicted molar refractivity (Wildman–Crippen MR) is 77.2 cm³/mol. The summed E-state index contributed by atoms with van der Waals surface area (Å²) >= 11 is 5.93. The van der Waals surface area contributed by atoms with E-state index >= 15 is 0 Å². The number of rotatable bonds is 3. The van der Waals surface area contributed by atoms with Crippen LogP contribution in [-0.4, -0.2) is 10.8 Å². The zero-order valence-corrected chi connectivity index (χ0v) is 11.3. The van der Waals surface area contributed by atoms with Crippen LogP contribution in [0.1, 0.15) is 15.9 Å². The number of carbonyl (C=O) groups is 1. The Balaban J connectivity index is 2.23. The van der Waals surface area contributed by atoms with Crippen molar-refractivity contribution in [2.24, 2.45) is 0 Å². The topological polar surface area (TPSA) is 72.2 Å². The van der Waals surface area contributed by atoms with Crippen molar-refractivity contribution in [3.05, 3.63) is 68.7 Å². The molecule has 2 aromatic rings. The van der Waals surface area contributed by atoms with Gasteiger partial charge in [0.2, 0.25) is 0 Å². The summed E-state index contributed by atoms with van der Waals surface area (Å²) < 4.78 is 0. The number of hydrogen-bond acceptors (Lipinski definition) is 3. The van der Waals surface area contributed by atoms with Crippen LogP contribution in [0, 0.1) is 17.0 Å². The van der Waals surface area contributed by atoms with Gasteiger partial charge in [-0.25, -0.2) is 0 Å². The van der Waals surface area contributed by atoms with Crippen LogP contribution in [0.25, 0.3) is 0 Å². The van der Waals surface area contributed by atoms with Gasteiger partial charge in [-0.05, 0) is 31.2 Å². The first-order chi connectivity index (χ1) is 9.49. The Labute approximate surface area is 120 Å². The molecule has 0 aliphatic rings. The van der Waals surface area contributed by atoms with Gasteiger partial charge in [0.15, 0.2) is 0 Å². The third-order valence-electron chi connectivity index (χ3n) is 2.77. The Kier molecular flexibility index (Phi) is 4.00. The highest BCUT2D eigenvalue weighted by molar-refractivity contribution is 6.34. The summed E-state index contributed by atoms with van der Waals surface area (Å²) in [6.07, 6.45) is 0. The third-order valence-corrected chi connectivity index (χ3v) is 3.10. The highest BCUT2D eigenvalue weighted by atomic mass is 35.5. The molecular formula is C14H11ClN2O3. The third kappa shape index (κ3) is 2.95. The lowest BCUT2D eigenvalue weighted by Gasteiger charge is -2.07. The fourth-order valence-corrected chi connectivity index (χ4v) is 2.00. The molecule has 0 radical (unpaired) electrons. The summed E-state index contributed by atoms with van der Waals surface area (Å²) in [7, 11) is 0. The van der Waals surface area contributed by atoms with Crippen molar-refractivity contribution in [2.75, 3.05) is 5.32 Å². The molecule has 0 fully saturated rings. The maximum absolute atomic E-state index is 12.0. The van der Waals surface area contributed by atoms with Gasteiger partial charge in [0, 0.05) is 17.3 Å². The maximum Gasteiger partial charge on any atom is 0.272 e. The van der Waals surface area contributed by atoms with Crippen molar-refractivity contribution in [3.8, 4) is 0 Å². The lowest BCUT2D eigenvalue weighted by Crippen LogP contribution is -2.12. The summed E-state index contributed by atoms with van der Waals surface area (Å²) in [6.45, 7) is 1.61. The van der Waals surface area contributed by atoms with E-state index in [0.29, 0.717) is 21.8 Å². The molecule has 0 spiro atoms. The number of amides is 1. The van der Waals surface area contributed by atoms with Crippen molar-refractivity contribution in [1.29, 1.82) is 0 Å². The minimum atomic E-state index is -0.463. The maximum atomic E-state index is 12.0. The van der Waals surface area contributed by atoms with Gasteiger partial charge in [-0.15, -0.1) is 0 Å². The van der Waals surface area contributed by atoms with E-state index in [4.69, 9.17) is 11.6 Å². The predicted octanol–water partition coefficient (Wildman–Crippen LogP) is 3.81. The number of nitrogens with one attached hydrogen (secondary N) is 1. The molecule has 6 heteroatoms. The van der Waals surface area contributed by atoms with E-state index in [9.17, 15) is 14.9 Å². The van der Waals surface area contributed by atoms with Crippen LogP contribution >= 0.6 is 11.6 Å². The van der Waals surface area contributed by atoms with Crippen molar-refractivity contribution < 1.29 is 9.72 Å². The molecule has 1 amide bonds. The Bertz CT molecular complexity index is 686. The minimum Gasteiger partial charge on any atom is -0.322 e. The molecule has 1 N–H and O–H groups in total. The number of nitro benzene ring substituents is 1. The van der Waals surface area contributed by atoms with Crippen molar-refractivity contribution >= 4 is 28.9 Å². The van der Waals surface area contributed by atoms with E-state index in [2.05, 4.69) is 5.32 Å². The monoisotopic (exact) mass is 290 g/mol. The summed E-state index contributed by atoms with van der Waals surface area (Å²) in [5.74, 6) is -0.358. The summed E-state index contributed by atoms with van der Waals surface area (Å²) in [5.41, 5.74) is 1.33. The zero-order valence-electron chi connectivity index (χ0n) is 10.6. The summed E-state index contributed by atoms with van der Waals surface area (Å²) in [5, 5.41) is 13.7. The summed E-state index contributed by atoms with van der Waals surface area (Å²) in [4.78, 5) is 22.3. The molecule has 0 saturated heterocycles. The minimum absolute atomic E-state index is 0.0146. The van der Waals surface area contributed by atoms with Crippen molar-refractivity contribution in [2.45, 2.75) is 6.92 Å². The van der Waals surface area contributed by atoms with Crippen LogP contribution in [0.15, 0.2) is 42.5 Å². The Morgan fingerprint density at radius 2 is 1.95 bits per heavy atom. The van der Waals surface area contributed by atoms with Gasteiger partial charge >= 0.3 is 0 Å². The molecule has 102 valence electrons. The van der Waals surface area contributed by atoms with Crippen LogP contribution in [-0.2, 0) is 0 Å². The second kappa shape index (κ2) is 5.71. The first-order valence-electron chi connectivity index (χ1n) is 5.80. The van der Waals surface area contributed by atoms with Crippen LogP contribution in [0.3, 0.4) is 0 Å². The second-order valence-corrected chi connectivity index (χ2v) is 4.60. The SMILES string of the molecule is Cc1cc(NC(=O)c2ccccc2Cl)ccc1[N+](=O)[O-]. The molecule has 0 aliphatic heterocycles. The number of aryl methyl sites for hydroxylation is 1. The standard InChI is InChI=1S/C14H11ClN2O3/c1-9-8-10(6-7-13(9)17(19)20)16-14(18)11-4-2-3-5-12(11)15/h2-8H,1H3,(H,16,18). The molecule has 0 aromatic heterocycles. The fourth-order valence-electron chi connectivity index (χ4n) is 1.78. The highest BCUT2D eigenvalue weighted by Gasteiger charge is 2.13. The van der Waals surface area contributed by atoms with E-state index in [0.717, 1.165) is 0 Å². The first-order valence-corrected chi connectivity index (χ1v) is 6.18. The van der Waals surface area contributed by atoms with Crippen molar-refractivity contribution in [1.82, 2.24) is 0 Å². The molecule has 2 aromatic carbocycles. The molecule has 0 unspecified atom stereocenters. The molecule has 0 saturated carbocycles. The van der Waals surface area contributed by atoms with Gasteiger partial charge in [-0.2, -0.15) is 0 Å². The first kappa shape index (κ1) is 14.0. The number of carbonyl (C=O) groups excluding carboxylic acids is 1. The molecule has 0 heterocycles. The van der Waals surface area contributed by atoms with Gasteiger partial charge < -0.3 is 5.32 Å². The van der Waals surface area contributed by atoms with E-state index < -0.39 is 4.92 Å². The number of halogens is 1. The van der Waals surface area contributed by atoms with E-state index in [1.807, 2.05) is 0 Å². The number of nitrogens with zero attached hydrogens (tertiary/aromatic N) is 1. The normalized spacial score (nSPS) is 10.1. The molecule has 5 nitrogen and oxygen atoms in total. The van der Waals surface area contributed by atoms with Crippen LogP contribution in [0.4, 0.5) is 11.4 Å². The Morgan fingerprint density at radius 1 is 1.25 bits per heavy atom. The quantitative estimate of drug-likeness (QED) is 0.690. The van der Waals surface area contributed by atoms with E-state index in [1.54, 1.807) is 37.3 Å². The summed E-state index contributed by atoms with van der Waals surface area (Å²) in [6, 6.07) is 11.1. The van der Waals surface area contributed by atoms with Gasteiger partial charge in [-0.3, -0.25) is 14.9 Å². The lowest BCUT2D eigenvalue weighted by atomic mass is 10.1.